The minimum Gasteiger partial charge on any atom is -0.323 e. The smallest absolute Gasteiger partial charge is 0.156 e. The van der Waals surface area contributed by atoms with Gasteiger partial charge in [-0.25, -0.2) is 9.97 Å². The number of fused-ring (bicyclic) bond motifs is 2. The minimum absolute atomic E-state index is 0.666. The fourth-order valence-corrected chi connectivity index (χ4v) is 3.85. The Morgan fingerprint density at radius 2 is 1.63 bits per heavy atom. The van der Waals surface area contributed by atoms with Gasteiger partial charge >= 0.3 is 0 Å². The van der Waals surface area contributed by atoms with Gasteiger partial charge in [0.2, 0.25) is 0 Å². The molecule has 1 N–H and O–H groups in total. The van der Waals surface area contributed by atoms with Gasteiger partial charge in [-0.05, 0) is 63.1 Å². The number of anilines is 2. The van der Waals surface area contributed by atoms with Crippen molar-refractivity contribution < 1.29 is 0 Å². The Kier molecular flexibility index (Phi) is 4.20. The van der Waals surface area contributed by atoms with E-state index in [1.165, 1.54) is 16.5 Å². The van der Waals surface area contributed by atoms with E-state index in [4.69, 9.17) is 4.98 Å². The van der Waals surface area contributed by atoms with Crippen LogP contribution in [0.4, 0.5) is 11.6 Å². The normalized spacial score (nSPS) is 11.3. The summed E-state index contributed by atoms with van der Waals surface area (Å²) in [6, 6.07) is 16.2. The van der Waals surface area contributed by atoms with Gasteiger partial charge in [-0.15, -0.1) is 0 Å². The van der Waals surface area contributed by atoms with Crippen molar-refractivity contribution in [3.8, 4) is 5.82 Å². The van der Waals surface area contributed by atoms with Gasteiger partial charge in [-0.3, -0.25) is 4.98 Å². The van der Waals surface area contributed by atoms with Gasteiger partial charge in [0.15, 0.2) is 11.6 Å². The average Bonchev–Trinajstić information content (AvgIpc) is 3.08. The molecule has 148 valence electrons. The van der Waals surface area contributed by atoms with Crippen molar-refractivity contribution in [1.29, 1.82) is 0 Å². The second kappa shape index (κ2) is 6.91. The van der Waals surface area contributed by atoms with Gasteiger partial charge in [-0.2, -0.15) is 9.78 Å². The summed E-state index contributed by atoms with van der Waals surface area (Å²) in [6.07, 6.45) is 1.74. The number of hydrogen-bond donors (Lipinski definition) is 1. The number of nitrogens with zero attached hydrogens (tertiary/aromatic N) is 5. The first-order chi connectivity index (χ1) is 14.5. The van der Waals surface area contributed by atoms with E-state index in [2.05, 4.69) is 59.4 Å². The molecule has 3 aromatic heterocycles. The van der Waals surface area contributed by atoms with Crippen molar-refractivity contribution in [2.45, 2.75) is 27.7 Å². The number of aryl methyl sites for hydroxylation is 4. The summed E-state index contributed by atoms with van der Waals surface area (Å²) in [4.78, 5) is 14.1. The predicted molar refractivity (Wildman–Crippen MR) is 121 cm³/mol. The Hall–Kier alpha value is -3.80. The molecule has 0 radical (unpaired) electrons. The summed E-state index contributed by atoms with van der Waals surface area (Å²) in [5, 5.41) is 9.22. The predicted octanol–water partition coefficient (Wildman–Crippen LogP) is 5.34. The van der Waals surface area contributed by atoms with Gasteiger partial charge in [0, 0.05) is 11.5 Å². The van der Waals surface area contributed by atoms with E-state index in [1.807, 2.05) is 41.9 Å². The Labute approximate surface area is 174 Å². The lowest BCUT2D eigenvalue weighted by molar-refractivity contribution is 0.842. The lowest BCUT2D eigenvalue weighted by Crippen LogP contribution is -2.07. The topological polar surface area (TPSA) is 68.5 Å². The van der Waals surface area contributed by atoms with Crippen LogP contribution in [0.15, 0.2) is 54.7 Å². The molecule has 6 nitrogen and oxygen atoms in total. The van der Waals surface area contributed by atoms with E-state index in [1.54, 1.807) is 6.20 Å². The van der Waals surface area contributed by atoms with Crippen LogP contribution in [0.3, 0.4) is 0 Å². The minimum atomic E-state index is 0.666. The van der Waals surface area contributed by atoms with Crippen molar-refractivity contribution in [2.24, 2.45) is 0 Å². The van der Waals surface area contributed by atoms with Gasteiger partial charge in [0.05, 0.1) is 28.4 Å². The second-order valence-electron chi connectivity index (χ2n) is 7.73. The molecule has 5 aromatic rings. The van der Waals surface area contributed by atoms with Crippen molar-refractivity contribution in [2.75, 3.05) is 5.32 Å². The number of benzene rings is 2. The summed E-state index contributed by atoms with van der Waals surface area (Å²) in [5.41, 5.74) is 7.18. The number of aromatic nitrogens is 5. The van der Waals surface area contributed by atoms with Gasteiger partial charge in [0.1, 0.15) is 5.82 Å². The van der Waals surface area contributed by atoms with Gasteiger partial charge in [-0.1, -0.05) is 23.8 Å². The van der Waals surface area contributed by atoms with Gasteiger partial charge in [0.25, 0.3) is 0 Å². The number of nitrogens with one attached hydrogen (secondary N) is 1. The Morgan fingerprint density at radius 3 is 2.47 bits per heavy atom. The molecular weight excluding hydrogens is 372 g/mol. The summed E-state index contributed by atoms with van der Waals surface area (Å²) in [7, 11) is 0. The highest BCUT2D eigenvalue weighted by molar-refractivity contribution is 5.86. The SMILES string of the molecule is Cc1cc(C)c2nc(-n3nc(C)cc3Nc3cnc4ccccc4n3)cc(C)c2c1. The lowest BCUT2D eigenvalue weighted by Gasteiger charge is -2.12. The first-order valence-electron chi connectivity index (χ1n) is 9.92. The van der Waals surface area contributed by atoms with Crippen LogP contribution in [0.25, 0.3) is 27.8 Å². The second-order valence-corrected chi connectivity index (χ2v) is 7.73. The average molecular weight is 394 g/mol. The molecule has 6 heteroatoms. The molecule has 3 heterocycles. The molecule has 0 aliphatic carbocycles. The van der Waals surface area contributed by atoms with Crippen LogP contribution >= 0.6 is 0 Å². The van der Waals surface area contributed by atoms with Crippen LogP contribution in [-0.4, -0.2) is 24.7 Å². The first kappa shape index (κ1) is 18.2. The largest absolute Gasteiger partial charge is 0.323 e. The standard InChI is InChI=1S/C24H22N6/c1-14-9-16(3)24-18(10-14)15(2)11-22(28-24)30-23(12-17(4)29-30)27-21-13-25-19-7-5-6-8-20(19)26-21/h5-13H,1-4H3,(H,26,27). The van der Waals surface area contributed by atoms with E-state index in [0.29, 0.717) is 5.82 Å². The zero-order valence-corrected chi connectivity index (χ0v) is 17.4. The summed E-state index contributed by atoms with van der Waals surface area (Å²) in [6.45, 7) is 8.30. The van der Waals surface area contributed by atoms with Crippen molar-refractivity contribution in [1.82, 2.24) is 24.7 Å². The van der Waals surface area contributed by atoms with Crippen molar-refractivity contribution in [3.63, 3.8) is 0 Å². The van der Waals surface area contributed by atoms with E-state index in [0.717, 1.165) is 39.4 Å². The van der Waals surface area contributed by atoms with Crippen LogP contribution in [-0.2, 0) is 0 Å². The highest BCUT2D eigenvalue weighted by Gasteiger charge is 2.13. The molecule has 30 heavy (non-hydrogen) atoms. The fourth-order valence-electron chi connectivity index (χ4n) is 3.85. The Bertz CT molecular complexity index is 1420. The summed E-state index contributed by atoms with van der Waals surface area (Å²) < 4.78 is 1.83. The zero-order valence-electron chi connectivity index (χ0n) is 17.4. The molecule has 2 aromatic carbocycles. The van der Waals surface area contributed by atoms with Crippen LogP contribution in [0.2, 0.25) is 0 Å². The Balaban J connectivity index is 1.61. The lowest BCUT2D eigenvalue weighted by atomic mass is 10.0. The molecule has 0 bridgehead atoms. The van der Waals surface area contributed by atoms with Crippen LogP contribution < -0.4 is 5.32 Å². The first-order valence-corrected chi connectivity index (χ1v) is 9.92. The third-order valence-corrected chi connectivity index (χ3v) is 5.19. The molecule has 0 unspecified atom stereocenters. The van der Waals surface area contributed by atoms with E-state index in [-0.39, 0.29) is 0 Å². The molecule has 0 amide bonds. The summed E-state index contributed by atoms with van der Waals surface area (Å²) in [5.74, 6) is 2.24. The van der Waals surface area contributed by atoms with Crippen molar-refractivity contribution in [3.05, 3.63) is 77.1 Å². The number of rotatable bonds is 3. The van der Waals surface area contributed by atoms with E-state index in [9.17, 15) is 0 Å². The molecule has 0 aliphatic heterocycles. The molecule has 0 saturated heterocycles. The molecule has 0 atom stereocenters. The van der Waals surface area contributed by atoms with Crippen molar-refractivity contribution >= 4 is 33.6 Å². The molecule has 0 aliphatic rings. The zero-order chi connectivity index (χ0) is 20.8. The number of hydrogen-bond acceptors (Lipinski definition) is 5. The fraction of sp³-hybridized carbons (Fsp3) is 0.167. The highest BCUT2D eigenvalue weighted by atomic mass is 15.4. The maximum absolute atomic E-state index is 4.94. The maximum atomic E-state index is 4.94. The maximum Gasteiger partial charge on any atom is 0.156 e. The Morgan fingerprint density at radius 1 is 0.833 bits per heavy atom. The third kappa shape index (κ3) is 3.16. The van der Waals surface area contributed by atoms with Gasteiger partial charge < -0.3 is 5.32 Å². The van der Waals surface area contributed by atoms with E-state index >= 15 is 0 Å². The number of pyridine rings is 1. The molecule has 0 spiro atoms. The quantitative estimate of drug-likeness (QED) is 0.447. The van der Waals surface area contributed by atoms with Crippen LogP contribution in [0.1, 0.15) is 22.4 Å². The molecule has 5 rings (SSSR count). The highest BCUT2D eigenvalue weighted by Crippen LogP contribution is 2.27. The summed E-state index contributed by atoms with van der Waals surface area (Å²) >= 11 is 0. The van der Waals surface area contributed by atoms with Crippen LogP contribution in [0.5, 0.6) is 0 Å². The molecular formula is C24H22N6. The monoisotopic (exact) mass is 394 g/mol. The third-order valence-electron chi connectivity index (χ3n) is 5.19. The number of para-hydroxylation sites is 2. The molecule has 0 saturated carbocycles. The van der Waals surface area contributed by atoms with E-state index < -0.39 is 0 Å². The van der Waals surface area contributed by atoms with Crippen LogP contribution in [0, 0.1) is 27.7 Å². The molecule has 0 fully saturated rings.